The molecule has 0 aromatic rings. The Balaban J connectivity index is 3.14. The van der Waals surface area contributed by atoms with E-state index in [1.54, 1.807) is 0 Å². The summed E-state index contributed by atoms with van der Waals surface area (Å²) in [6, 6.07) is 0. The molecule has 0 fully saturated rings. The summed E-state index contributed by atoms with van der Waals surface area (Å²) in [5, 5.41) is 0. The van der Waals surface area contributed by atoms with Gasteiger partial charge in [-0.05, 0) is 5.54 Å². The molecule has 2 heteroatoms. The van der Waals surface area contributed by atoms with E-state index in [4.69, 9.17) is 11.1 Å². The molecule has 0 saturated carbocycles. The molecule has 0 aromatic carbocycles. The molecule has 7 heavy (non-hydrogen) atoms. The quantitative estimate of drug-likeness (QED) is 0.404. The lowest BCUT2D eigenvalue weighted by Gasteiger charge is -2.06. The Morgan fingerprint density at radius 1 is 1.71 bits per heavy atom. The molecule has 44 valence electrons. The van der Waals surface area contributed by atoms with Gasteiger partial charge >= 0.3 is 0 Å². The van der Waals surface area contributed by atoms with E-state index in [9.17, 15) is 0 Å². The minimum Gasteiger partial charge on any atom is -0.172 e. The summed E-state index contributed by atoms with van der Waals surface area (Å²) in [5.41, 5.74) is 0.807. The average molecular weight is 137 g/mol. The molecule has 0 N–H and O–H groups in total. The number of hydrogen-bond acceptors (Lipinski definition) is 0. The zero-order valence-electron chi connectivity index (χ0n) is 5.24. The van der Waals surface area contributed by atoms with Gasteiger partial charge in [0.1, 0.15) is 8.11 Å². The summed E-state index contributed by atoms with van der Waals surface area (Å²) in [6.07, 6.45) is 1.25. The highest BCUT2D eigenvalue weighted by atomic mass is 35.6. The molecule has 0 spiro atoms. The Hall–Kier alpha value is 0.507. The van der Waals surface area contributed by atoms with Gasteiger partial charge < -0.3 is 0 Å². The van der Waals surface area contributed by atoms with Gasteiger partial charge in [-0.3, -0.25) is 0 Å². The van der Waals surface area contributed by atoms with Crippen LogP contribution in [0, 0.1) is 0 Å². The molecular weight excluding hydrogens is 124 g/mol. The Bertz CT molecular complexity index is 45.3. The van der Waals surface area contributed by atoms with Gasteiger partial charge in [-0.2, -0.15) is 11.1 Å². The third-order valence-electron chi connectivity index (χ3n) is 1.43. The molecule has 0 bridgehead atoms. The number of rotatable bonds is 2. The fourth-order valence-corrected chi connectivity index (χ4v) is 1.51. The minimum absolute atomic E-state index is 0.792. The molecule has 0 aliphatic carbocycles. The maximum absolute atomic E-state index is 5.87. The predicted octanol–water partition coefficient (Wildman–Crippen LogP) is 2.38. The Morgan fingerprint density at radius 3 is 2.14 bits per heavy atom. The molecule has 0 saturated heterocycles. The molecule has 0 aromatic heterocycles. The third-order valence-corrected chi connectivity index (χ3v) is 4.76. The van der Waals surface area contributed by atoms with Crippen molar-refractivity contribution in [1.82, 2.24) is 0 Å². The normalized spacial score (nSPS) is 18.9. The monoisotopic (exact) mass is 136 g/mol. The average Bonchev–Trinajstić information content (AvgIpc) is 1.65. The zero-order chi connectivity index (χ0) is 5.86. The van der Waals surface area contributed by atoms with Gasteiger partial charge in [-0.15, -0.1) is 0 Å². The number of halogens is 1. The fraction of sp³-hybridized carbons (Fsp3) is 1.00. The topological polar surface area (TPSA) is 0 Å². The van der Waals surface area contributed by atoms with Crippen LogP contribution in [0.15, 0.2) is 0 Å². The molecule has 0 rings (SSSR count). The van der Waals surface area contributed by atoms with Crippen LogP contribution in [0.3, 0.4) is 0 Å². The SMILES string of the molecule is CCC(C)[SiH](C)Cl. The van der Waals surface area contributed by atoms with Crippen LogP contribution in [0.2, 0.25) is 12.1 Å². The van der Waals surface area contributed by atoms with Crippen LogP contribution >= 0.6 is 11.1 Å². The molecule has 2 unspecified atom stereocenters. The molecule has 2 atom stereocenters. The summed E-state index contributed by atoms with van der Waals surface area (Å²) in [7, 11) is -0.792. The lowest BCUT2D eigenvalue weighted by molar-refractivity contribution is 0.867. The molecule has 0 nitrogen and oxygen atoms in total. The van der Waals surface area contributed by atoms with E-state index < -0.39 is 8.11 Å². The maximum atomic E-state index is 5.87. The Kier molecular flexibility index (Phi) is 3.76. The standard InChI is InChI=1S/C5H13ClSi/c1-4-5(2)7(3)6/h5,7H,4H2,1-3H3. The summed E-state index contributed by atoms with van der Waals surface area (Å²) >= 11 is 5.87. The summed E-state index contributed by atoms with van der Waals surface area (Å²) < 4.78 is 0. The molecule has 0 aliphatic heterocycles. The van der Waals surface area contributed by atoms with Crippen molar-refractivity contribution in [3.05, 3.63) is 0 Å². The second-order valence-corrected chi connectivity index (χ2v) is 6.62. The van der Waals surface area contributed by atoms with Crippen LogP contribution in [0.25, 0.3) is 0 Å². The fourth-order valence-electron chi connectivity index (χ4n) is 0.325. The smallest absolute Gasteiger partial charge is 0.140 e. The maximum Gasteiger partial charge on any atom is 0.140 e. The molecule has 0 aliphatic rings. The second-order valence-electron chi connectivity index (χ2n) is 2.06. The predicted molar refractivity (Wildman–Crippen MR) is 38.6 cm³/mol. The van der Waals surface area contributed by atoms with Gasteiger partial charge in [0.25, 0.3) is 0 Å². The molecular formula is C5H13ClSi. The van der Waals surface area contributed by atoms with E-state index in [2.05, 4.69) is 20.4 Å². The van der Waals surface area contributed by atoms with Crippen molar-refractivity contribution in [3.8, 4) is 0 Å². The molecule has 0 amide bonds. The highest BCUT2D eigenvalue weighted by Crippen LogP contribution is 2.15. The van der Waals surface area contributed by atoms with Gasteiger partial charge in [0.2, 0.25) is 0 Å². The summed E-state index contributed by atoms with van der Waals surface area (Å²) in [4.78, 5) is 0. The van der Waals surface area contributed by atoms with Crippen molar-refractivity contribution in [1.29, 1.82) is 0 Å². The highest BCUT2D eigenvalue weighted by molar-refractivity contribution is 7.06. The van der Waals surface area contributed by atoms with Gasteiger partial charge in [-0.25, -0.2) is 0 Å². The second kappa shape index (κ2) is 3.50. The Morgan fingerprint density at radius 2 is 2.14 bits per heavy atom. The van der Waals surface area contributed by atoms with Crippen LogP contribution in [0.4, 0.5) is 0 Å². The van der Waals surface area contributed by atoms with Crippen molar-refractivity contribution in [2.45, 2.75) is 32.4 Å². The first kappa shape index (κ1) is 7.51. The largest absolute Gasteiger partial charge is 0.172 e. The van der Waals surface area contributed by atoms with Gasteiger partial charge in [0.15, 0.2) is 0 Å². The minimum atomic E-state index is -0.792. The van der Waals surface area contributed by atoms with Gasteiger partial charge in [-0.1, -0.05) is 26.8 Å². The van der Waals surface area contributed by atoms with Crippen molar-refractivity contribution in [2.75, 3.05) is 0 Å². The van der Waals surface area contributed by atoms with Crippen molar-refractivity contribution in [2.24, 2.45) is 0 Å². The van der Waals surface area contributed by atoms with Crippen LogP contribution < -0.4 is 0 Å². The highest BCUT2D eigenvalue weighted by Gasteiger charge is 2.06. The van der Waals surface area contributed by atoms with Crippen LogP contribution in [0.1, 0.15) is 20.3 Å². The van der Waals surface area contributed by atoms with Gasteiger partial charge in [0.05, 0.1) is 0 Å². The number of hydrogen-bond donors (Lipinski definition) is 0. The van der Waals surface area contributed by atoms with Crippen LogP contribution in [-0.2, 0) is 0 Å². The Labute approximate surface area is 52.2 Å². The first-order chi connectivity index (χ1) is 3.18. The van der Waals surface area contributed by atoms with E-state index in [0.717, 1.165) is 5.54 Å². The van der Waals surface area contributed by atoms with Crippen molar-refractivity contribution >= 4 is 19.2 Å². The first-order valence-electron chi connectivity index (χ1n) is 2.82. The van der Waals surface area contributed by atoms with E-state index in [-0.39, 0.29) is 0 Å². The lowest BCUT2D eigenvalue weighted by atomic mass is 10.4. The first-order valence-corrected chi connectivity index (χ1v) is 6.39. The summed E-state index contributed by atoms with van der Waals surface area (Å²) in [6.45, 7) is 6.59. The third kappa shape index (κ3) is 3.12. The van der Waals surface area contributed by atoms with E-state index in [1.165, 1.54) is 6.42 Å². The van der Waals surface area contributed by atoms with E-state index >= 15 is 0 Å². The lowest BCUT2D eigenvalue weighted by Crippen LogP contribution is -2.03. The van der Waals surface area contributed by atoms with Crippen LogP contribution in [-0.4, -0.2) is 8.11 Å². The zero-order valence-corrected chi connectivity index (χ0v) is 7.15. The van der Waals surface area contributed by atoms with E-state index in [0.29, 0.717) is 0 Å². The summed E-state index contributed by atoms with van der Waals surface area (Å²) in [5.74, 6) is 0. The van der Waals surface area contributed by atoms with Crippen molar-refractivity contribution in [3.63, 3.8) is 0 Å². The van der Waals surface area contributed by atoms with Crippen LogP contribution in [0.5, 0.6) is 0 Å². The van der Waals surface area contributed by atoms with Crippen molar-refractivity contribution < 1.29 is 0 Å². The molecule has 0 radical (unpaired) electrons. The van der Waals surface area contributed by atoms with Gasteiger partial charge in [0, 0.05) is 0 Å². The molecule has 0 heterocycles. The van der Waals surface area contributed by atoms with E-state index in [1.807, 2.05) is 0 Å².